The second kappa shape index (κ2) is 14.1. The van der Waals surface area contributed by atoms with Gasteiger partial charge in [-0.05, 0) is 85.5 Å². The Morgan fingerprint density at radius 2 is 1.55 bits per heavy atom. The number of nitriles is 1. The number of carbonyl (C=O) groups is 1. The number of nitrogens with zero attached hydrogens (tertiary/aromatic N) is 2. The minimum Gasteiger partial charge on any atom is -0.462 e. The van der Waals surface area contributed by atoms with Gasteiger partial charge in [0.2, 0.25) is 9.84 Å². The summed E-state index contributed by atoms with van der Waals surface area (Å²) in [5.74, 6) is -0.496. The lowest BCUT2D eigenvalue weighted by atomic mass is 10.0. The van der Waals surface area contributed by atoms with Crippen LogP contribution in [0.3, 0.4) is 0 Å². The average Bonchev–Trinajstić information content (AvgIpc) is 3.01. The van der Waals surface area contributed by atoms with Gasteiger partial charge in [0, 0.05) is 19.1 Å². The molecule has 1 N–H and O–H groups in total. The highest BCUT2D eigenvalue weighted by atomic mass is 32.2. The number of sulfone groups is 1. The van der Waals surface area contributed by atoms with Crippen LogP contribution in [0.25, 0.3) is 0 Å². The van der Waals surface area contributed by atoms with Crippen LogP contribution >= 0.6 is 0 Å². The topological polar surface area (TPSA) is 108 Å². The van der Waals surface area contributed by atoms with Gasteiger partial charge in [-0.3, -0.25) is 4.90 Å². The number of carbonyl (C=O) groups excluding carboxylic acids is 1. The number of hydrogen-bond acceptors (Lipinski definition) is 7. The molecule has 0 bridgehead atoms. The minimum absolute atomic E-state index is 0.0110. The van der Waals surface area contributed by atoms with Crippen LogP contribution in [0.1, 0.15) is 52.6 Å². The first-order chi connectivity index (χ1) is 20.2. The summed E-state index contributed by atoms with van der Waals surface area (Å²) in [5.41, 5.74) is 3.54. The molecule has 0 unspecified atom stereocenters. The van der Waals surface area contributed by atoms with Crippen LogP contribution in [0.4, 0.5) is 0 Å². The zero-order valence-electron chi connectivity index (χ0n) is 23.7. The lowest BCUT2D eigenvalue weighted by Gasteiger charge is -2.31. The van der Waals surface area contributed by atoms with Crippen LogP contribution in [-0.4, -0.2) is 43.6 Å². The van der Waals surface area contributed by atoms with Crippen molar-refractivity contribution >= 4 is 15.8 Å². The lowest BCUT2D eigenvalue weighted by Crippen LogP contribution is -2.37. The van der Waals surface area contributed by atoms with Crippen molar-refractivity contribution in [2.75, 3.05) is 13.2 Å². The predicted octanol–water partition coefficient (Wildman–Crippen LogP) is 5.73. The maximum atomic E-state index is 13.2. The van der Waals surface area contributed by atoms with E-state index in [1.165, 1.54) is 24.3 Å². The van der Waals surface area contributed by atoms with Crippen molar-refractivity contribution in [2.24, 2.45) is 0 Å². The van der Waals surface area contributed by atoms with Crippen LogP contribution in [0.15, 0.2) is 113 Å². The summed E-state index contributed by atoms with van der Waals surface area (Å²) in [6.07, 6.45) is -0.154. The Balaban J connectivity index is 1.49. The maximum Gasteiger partial charge on any atom is 0.338 e. The van der Waals surface area contributed by atoms with E-state index < -0.39 is 21.9 Å². The van der Waals surface area contributed by atoms with Crippen molar-refractivity contribution in [3.63, 3.8) is 0 Å². The van der Waals surface area contributed by atoms with Crippen molar-refractivity contribution in [1.29, 1.82) is 5.26 Å². The summed E-state index contributed by atoms with van der Waals surface area (Å²) >= 11 is 0. The molecular weight excluding hydrogens is 548 g/mol. The van der Waals surface area contributed by atoms with Crippen LogP contribution in [-0.2, 0) is 27.5 Å². The highest BCUT2D eigenvalue weighted by Gasteiger charge is 2.22. The smallest absolute Gasteiger partial charge is 0.338 e. The summed E-state index contributed by atoms with van der Waals surface area (Å²) in [6, 6.07) is 31.7. The van der Waals surface area contributed by atoms with Gasteiger partial charge in [0.25, 0.3) is 0 Å². The molecule has 0 aromatic heterocycles. The third kappa shape index (κ3) is 7.71. The summed E-state index contributed by atoms with van der Waals surface area (Å²) in [5, 5.41) is 20.3. The Kier molecular flexibility index (Phi) is 10.3. The molecular formula is C34H34N2O5S. The molecule has 0 spiro atoms. The fraction of sp³-hybridized carbons (Fsp3) is 0.235. The van der Waals surface area contributed by atoms with Crippen LogP contribution in [0, 0.1) is 11.3 Å². The van der Waals surface area contributed by atoms with E-state index in [0.29, 0.717) is 36.2 Å². The van der Waals surface area contributed by atoms with Gasteiger partial charge in [0.15, 0.2) is 0 Å². The molecule has 42 heavy (non-hydrogen) atoms. The van der Waals surface area contributed by atoms with Gasteiger partial charge in [-0.2, -0.15) is 5.26 Å². The number of hydrogen-bond donors (Lipinski definition) is 1. The normalized spacial score (nSPS) is 12.8. The van der Waals surface area contributed by atoms with Gasteiger partial charge in [-0.25, -0.2) is 13.2 Å². The van der Waals surface area contributed by atoms with E-state index >= 15 is 0 Å². The molecule has 0 saturated heterocycles. The quantitative estimate of drug-likeness (QED) is 0.212. The molecule has 4 aromatic carbocycles. The van der Waals surface area contributed by atoms with Gasteiger partial charge in [0.1, 0.15) is 0 Å². The molecule has 0 radical (unpaired) electrons. The van der Waals surface area contributed by atoms with E-state index in [-0.39, 0.29) is 22.4 Å². The first-order valence-corrected chi connectivity index (χ1v) is 15.3. The SMILES string of the molecule is CCOC(=O)c1ccc(S(=O)(=O)c2ccc(C[C@@H](C)N(Cc3ccccc3)C[C@H](O)c3cccc(C#N)c3)cc2)cc1. The summed E-state index contributed by atoms with van der Waals surface area (Å²) < 4.78 is 31.4. The zero-order chi connectivity index (χ0) is 30.1. The van der Waals surface area contributed by atoms with Crippen molar-refractivity contribution in [2.45, 2.75) is 48.7 Å². The minimum atomic E-state index is -3.77. The Morgan fingerprint density at radius 3 is 2.17 bits per heavy atom. The fourth-order valence-corrected chi connectivity index (χ4v) is 6.02. The molecule has 0 aliphatic rings. The standard InChI is InChI=1S/C34H34N2O5S/c1-3-41-34(38)29-14-18-32(19-15-29)42(39,40)31-16-12-26(13-17-31)20-25(2)36(23-27-8-5-4-6-9-27)24-33(37)30-11-7-10-28(21-30)22-35/h4-19,21,25,33,37H,3,20,23-24H2,1-2H3/t25-,33+/m1/s1. The third-order valence-electron chi connectivity index (χ3n) is 7.10. The molecule has 8 heteroatoms. The van der Waals surface area contributed by atoms with Crippen molar-refractivity contribution in [3.05, 3.63) is 131 Å². The van der Waals surface area contributed by atoms with Crippen LogP contribution in [0.5, 0.6) is 0 Å². The summed E-state index contributed by atoms with van der Waals surface area (Å²) in [4.78, 5) is 14.4. The first kappa shape index (κ1) is 30.7. The van der Waals surface area contributed by atoms with Gasteiger partial charge in [-0.15, -0.1) is 0 Å². The van der Waals surface area contributed by atoms with Crippen LogP contribution < -0.4 is 0 Å². The van der Waals surface area contributed by atoms with Crippen molar-refractivity contribution in [3.8, 4) is 6.07 Å². The van der Waals surface area contributed by atoms with Crippen molar-refractivity contribution < 1.29 is 23.1 Å². The highest BCUT2D eigenvalue weighted by Crippen LogP contribution is 2.24. The van der Waals surface area contributed by atoms with E-state index in [9.17, 15) is 23.6 Å². The number of rotatable bonds is 12. The number of aliphatic hydroxyl groups is 1. The Bertz CT molecular complexity index is 1630. The number of esters is 1. The van der Waals surface area contributed by atoms with E-state index in [0.717, 1.165) is 11.1 Å². The molecule has 0 heterocycles. The average molecular weight is 583 g/mol. The fourth-order valence-electron chi connectivity index (χ4n) is 4.76. The molecule has 0 aliphatic carbocycles. The zero-order valence-corrected chi connectivity index (χ0v) is 24.5. The molecule has 7 nitrogen and oxygen atoms in total. The van der Waals surface area contributed by atoms with E-state index in [1.807, 2.05) is 48.5 Å². The Labute approximate surface area is 247 Å². The van der Waals surface area contributed by atoms with E-state index in [1.54, 1.807) is 37.3 Å². The molecule has 4 rings (SSSR count). The molecule has 0 fully saturated rings. The molecule has 216 valence electrons. The van der Waals surface area contributed by atoms with Gasteiger partial charge in [0.05, 0.1) is 39.7 Å². The number of aliphatic hydroxyl groups excluding tert-OH is 1. The van der Waals surface area contributed by atoms with Gasteiger partial charge in [-0.1, -0.05) is 54.6 Å². The number of ether oxygens (including phenoxy) is 1. The summed E-state index contributed by atoms with van der Waals surface area (Å²) in [6.45, 7) is 5.01. The largest absolute Gasteiger partial charge is 0.462 e. The Hall–Kier alpha value is -4.29. The Morgan fingerprint density at radius 1 is 0.905 bits per heavy atom. The summed E-state index contributed by atoms with van der Waals surface area (Å²) in [7, 11) is -3.77. The maximum absolute atomic E-state index is 13.2. The van der Waals surface area contributed by atoms with Crippen LogP contribution in [0.2, 0.25) is 0 Å². The second-order valence-corrected chi connectivity index (χ2v) is 12.1. The van der Waals surface area contributed by atoms with Gasteiger partial charge < -0.3 is 9.84 Å². The van der Waals surface area contributed by atoms with E-state index in [2.05, 4.69) is 17.9 Å². The first-order valence-electron chi connectivity index (χ1n) is 13.8. The molecule has 0 aliphatic heterocycles. The monoisotopic (exact) mass is 582 g/mol. The van der Waals surface area contributed by atoms with Gasteiger partial charge >= 0.3 is 5.97 Å². The predicted molar refractivity (Wildman–Crippen MR) is 160 cm³/mol. The molecule has 2 atom stereocenters. The lowest BCUT2D eigenvalue weighted by molar-refractivity contribution is 0.0526. The third-order valence-corrected chi connectivity index (χ3v) is 8.89. The molecule has 4 aromatic rings. The molecule has 0 amide bonds. The van der Waals surface area contributed by atoms with Crippen molar-refractivity contribution in [1.82, 2.24) is 4.90 Å². The second-order valence-electron chi connectivity index (χ2n) is 10.1. The van der Waals surface area contributed by atoms with E-state index in [4.69, 9.17) is 4.74 Å². The highest BCUT2D eigenvalue weighted by molar-refractivity contribution is 7.91. The molecule has 0 saturated carbocycles. The number of benzene rings is 4.